The van der Waals surface area contributed by atoms with Gasteiger partial charge in [0.05, 0.1) is 10.9 Å². The number of aryl methyl sites for hydroxylation is 2. The summed E-state index contributed by atoms with van der Waals surface area (Å²) in [5, 5.41) is 5.73. The number of fused-ring (bicyclic) bond motifs is 1. The summed E-state index contributed by atoms with van der Waals surface area (Å²) in [4.78, 5) is 48.7. The third kappa shape index (κ3) is 7.43. The Labute approximate surface area is 232 Å². The first-order valence-corrected chi connectivity index (χ1v) is 13.0. The molecule has 2 aromatic carbocycles. The van der Waals surface area contributed by atoms with Crippen LogP contribution in [-0.4, -0.2) is 34.2 Å². The molecule has 2 N–H and O–H groups in total. The molecule has 10 heteroatoms. The zero-order valence-electron chi connectivity index (χ0n) is 23.1. The molecule has 40 heavy (non-hydrogen) atoms. The SMILES string of the molecule is Cc1c(NC(=O)OC(C)(C)C)ccc2nc(N(CCCc3ccccc3)C(=O)NCc3cccnc3)oc(=O)c12. The van der Waals surface area contributed by atoms with Gasteiger partial charge in [-0.05, 0) is 75.4 Å². The molecule has 208 valence electrons. The molecule has 0 saturated heterocycles. The zero-order valence-corrected chi connectivity index (χ0v) is 23.1. The lowest BCUT2D eigenvalue weighted by Crippen LogP contribution is -2.41. The number of amides is 3. The molecule has 0 aliphatic heterocycles. The summed E-state index contributed by atoms with van der Waals surface area (Å²) in [6.45, 7) is 7.49. The topological polar surface area (TPSA) is 127 Å². The van der Waals surface area contributed by atoms with Crippen LogP contribution in [0.15, 0.2) is 76.2 Å². The number of anilines is 2. The molecule has 0 saturated carbocycles. The smallest absolute Gasteiger partial charge is 0.412 e. The van der Waals surface area contributed by atoms with Crippen molar-refractivity contribution in [2.24, 2.45) is 0 Å². The van der Waals surface area contributed by atoms with Crippen molar-refractivity contribution < 1.29 is 18.7 Å². The average Bonchev–Trinajstić information content (AvgIpc) is 2.91. The Morgan fingerprint density at radius 3 is 2.48 bits per heavy atom. The second-order valence-corrected chi connectivity index (χ2v) is 10.3. The van der Waals surface area contributed by atoms with Gasteiger partial charge < -0.3 is 14.5 Å². The van der Waals surface area contributed by atoms with E-state index < -0.39 is 23.4 Å². The normalized spacial score (nSPS) is 11.2. The summed E-state index contributed by atoms with van der Waals surface area (Å²) in [7, 11) is 0. The molecule has 0 unspecified atom stereocenters. The molecule has 2 heterocycles. The van der Waals surface area contributed by atoms with Crippen LogP contribution in [0, 0.1) is 6.92 Å². The first kappa shape index (κ1) is 28.3. The minimum absolute atomic E-state index is 0.110. The number of ether oxygens (including phenoxy) is 1. The number of aromatic nitrogens is 2. The van der Waals surface area contributed by atoms with Crippen molar-refractivity contribution >= 4 is 34.7 Å². The van der Waals surface area contributed by atoms with Crippen molar-refractivity contribution in [1.82, 2.24) is 15.3 Å². The van der Waals surface area contributed by atoms with Gasteiger partial charge in [0.2, 0.25) is 0 Å². The molecule has 2 aromatic heterocycles. The van der Waals surface area contributed by atoms with Gasteiger partial charge in [-0.15, -0.1) is 0 Å². The van der Waals surface area contributed by atoms with Crippen LogP contribution in [0.2, 0.25) is 0 Å². The molecule has 0 atom stereocenters. The lowest BCUT2D eigenvalue weighted by atomic mass is 10.1. The van der Waals surface area contributed by atoms with E-state index >= 15 is 0 Å². The summed E-state index contributed by atoms with van der Waals surface area (Å²) in [6, 6.07) is 16.2. The molecule has 4 rings (SSSR count). The number of hydrogen-bond donors (Lipinski definition) is 2. The standard InChI is InChI=1S/C30H33N5O5/c1-20-23(34-29(38)40-30(2,3)4)14-15-24-25(20)26(36)39-28(33-24)35(17-9-13-21-10-6-5-7-11-21)27(37)32-19-22-12-8-16-31-18-22/h5-8,10-12,14-16,18H,9,13,17,19H2,1-4H3,(H,32,37)(H,34,38). The van der Waals surface area contributed by atoms with E-state index in [1.165, 1.54) is 4.90 Å². The monoisotopic (exact) mass is 543 g/mol. The molecule has 10 nitrogen and oxygen atoms in total. The van der Waals surface area contributed by atoms with Gasteiger partial charge in [0.25, 0.3) is 0 Å². The predicted octanol–water partition coefficient (Wildman–Crippen LogP) is 5.59. The van der Waals surface area contributed by atoms with Gasteiger partial charge >= 0.3 is 23.8 Å². The second-order valence-electron chi connectivity index (χ2n) is 10.3. The fourth-order valence-corrected chi connectivity index (χ4v) is 4.12. The second kappa shape index (κ2) is 12.4. The van der Waals surface area contributed by atoms with Crippen LogP contribution in [-0.2, 0) is 17.7 Å². The maximum atomic E-state index is 13.3. The van der Waals surface area contributed by atoms with Gasteiger partial charge in [-0.3, -0.25) is 10.3 Å². The Kier molecular flexibility index (Phi) is 8.78. The fraction of sp³-hybridized carbons (Fsp3) is 0.300. The maximum Gasteiger partial charge on any atom is 0.412 e. The lowest BCUT2D eigenvalue weighted by molar-refractivity contribution is 0.0635. The summed E-state index contributed by atoms with van der Waals surface area (Å²) in [6.07, 6.45) is 4.03. The molecular formula is C30H33N5O5. The van der Waals surface area contributed by atoms with Crippen LogP contribution >= 0.6 is 0 Å². The van der Waals surface area contributed by atoms with Crippen LogP contribution in [0.3, 0.4) is 0 Å². The van der Waals surface area contributed by atoms with Gasteiger partial charge in [-0.2, -0.15) is 4.98 Å². The van der Waals surface area contributed by atoms with Crippen molar-refractivity contribution in [2.45, 2.75) is 52.7 Å². The van der Waals surface area contributed by atoms with Crippen LogP contribution in [0.1, 0.15) is 43.9 Å². The molecule has 0 aliphatic rings. The van der Waals surface area contributed by atoms with E-state index in [2.05, 4.69) is 20.6 Å². The number of nitrogens with one attached hydrogen (secondary N) is 2. The summed E-state index contributed by atoms with van der Waals surface area (Å²) < 4.78 is 10.9. The molecule has 0 spiro atoms. The zero-order chi connectivity index (χ0) is 28.7. The van der Waals surface area contributed by atoms with E-state index in [1.54, 1.807) is 58.3 Å². The van der Waals surface area contributed by atoms with Crippen molar-refractivity contribution in [1.29, 1.82) is 0 Å². The number of hydrogen-bond acceptors (Lipinski definition) is 7. The highest BCUT2D eigenvalue weighted by Gasteiger charge is 2.23. The Bertz CT molecular complexity index is 1530. The van der Waals surface area contributed by atoms with Crippen molar-refractivity contribution in [3.05, 3.63) is 94.1 Å². The Morgan fingerprint density at radius 1 is 1.02 bits per heavy atom. The van der Waals surface area contributed by atoms with Gasteiger partial charge in [-0.25, -0.2) is 19.3 Å². The molecule has 0 aliphatic carbocycles. The highest BCUT2D eigenvalue weighted by molar-refractivity contribution is 5.94. The lowest BCUT2D eigenvalue weighted by Gasteiger charge is -2.21. The molecular weight excluding hydrogens is 510 g/mol. The third-order valence-corrected chi connectivity index (χ3v) is 6.02. The van der Waals surface area contributed by atoms with E-state index in [9.17, 15) is 14.4 Å². The Balaban J connectivity index is 1.60. The number of nitrogens with zero attached hydrogens (tertiary/aromatic N) is 3. The number of carbonyl (C=O) groups excluding carboxylic acids is 2. The number of carbonyl (C=O) groups is 2. The average molecular weight is 544 g/mol. The van der Waals surface area contributed by atoms with Crippen LogP contribution in [0.25, 0.3) is 10.9 Å². The van der Waals surface area contributed by atoms with E-state index in [0.717, 1.165) is 17.5 Å². The molecule has 3 amide bonds. The maximum absolute atomic E-state index is 13.3. The Morgan fingerprint density at radius 2 is 1.77 bits per heavy atom. The third-order valence-electron chi connectivity index (χ3n) is 6.02. The highest BCUT2D eigenvalue weighted by atomic mass is 16.6. The van der Waals surface area contributed by atoms with E-state index in [4.69, 9.17) is 9.15 Å². The summed E-state index contributed by atoms with van der Waals surface area (Å²) >= 11 is 0. The van der Waals surface area contributed by atoms with Crippen molar-refractivity contribution in [3.63, 3.8) is 0 Å². The number of rotatable bonds is 8. The quantitative estimate of drug-likeness (QED) is 0.297. The van der Waals surface area contributed by atoms with Crippen LogP contribution < -0.4 is 21.2 Å². The molecule has 4 aromatic rings. The first-order chi connectivity index (χ1) is 19.1. The van der Waals surface area contributed by atoms with E-state index in [-0.39, 0.29) is 24.5 Å². The van der Waals surface area contributed by atoms with Gasteiger partial charge in [0, 0.05) is 31.2 Å². The number of urea groups is 1. The van der Waals surface area contributed by atoms with Crippen LogP contribution in [0.5, 0.6) is 0 Å². The number of pyridine rings is 1. The Hall–Kier alpha value is -4.73. The van der Waals surface area contributed by atoms with Crippen LogP contribution in [0.4, 0.5) is 21.3 Å². The molecule has 0 radical (unpaired) electrons. The predicted molar refractivity (Wildman–Crippen MR) is 153 cm³/mol. The largest absolute Gasteiger partial charge is 0.444 e. The first-order valence-electron chi connectivity index (χ1n) is 13.0. The molecule has 0 fully saturated rings. The summed E-state index contributed by atoms with van der Waals surface area (Å²) in [5.41, 5.74) is 1.84. The summed E-state index contributed by atoms with van der Waals surface area (Å²) in [5.74, 6) is 0. The van der Waals surface area contributed by atoms with Crippen molar-refractivity contribution in [2.75, 3.05) is 16.8 Å². The van der Waals surface area contributed by atoms with Gasteiger partial charge in [0.1, 0.15) is 5.60 Å². The highest BCUT2D eigenvalue weighted by Crippen LogP contribution is 2.25. The van der Waals surface area contributed by atoms with Gasteiger partial charge in [-0.1, -0.05) is 36.4 Å². The van der Waals surface area contributed by atoms with E-state index in [0.29, 0.717) is 23.2 Å². The molecule has 0 bridgehead atoms. The fourth-order valence-electron chi connectivity index (χ4n) is 4.12. The minimum Gasteiger partial charge on any atom is -0.444 e. The number of benzene rings is 2. The van der Waals surface area contributed by atoms with E-state index in [1.807, 2.05) is 36.4 Å². The minimum atomic E-state index is -0.675. The van der Waals surface area contributed by atoms with Crippen molar-refractivity contribution in [3.8, 4) is 0 Å². The van der Waals surface area contributed by atoms with Gasteiger partial charge in [0.15, 0.2) is 0 Å².